The molecule has 0 aliphatic carbocycles. The molecule has 19 heavy (non-hydrogen) atoms. The highest BCUT2D eigenvalue weighted by Crippen LogP contribution is 2.14. The van der Waals surface area contributed by atoms with Crippen LogP contribution in [0.1, 0.15) is 21.9 Å². The van der Waals surface area contributed by atoms with Crippen LogP contribution in [0.4, 0.5) is 0 Å². The molecule has 0 atom stereocenters. The fourth-order valence-corrected chi connectivity index (χ4v) is 2.13. The number of imidazole rings is 1. The van der Waals surface area contributed by atoms with E-state index in [2.05, 4.69) is 4.98 Å². The molecular weight excluding hydrogens is 264 g/mol. The van der Waals surface area contributed by atoms with Crippen LogP contribution >= 0.6 is 11.6 Å². The van der Waals surface area contributed by atoms with E-state index in [0.717, 1.165) is 17.7 Å². The number of carbonyl (C=O) groups excluding carboxylic acids is 1. The third-order valence-corrected chi connectivity index (χ3v) is 3.11. The van der Waals surface area contributed by atoms with Gasteiger partial charge in [-0.3, -0.25) is 4.79 Å². The van der Waals surface area contributed by atoms with E-state index in [4.69, 9.17) is 16.3 Å². The minimum absolute atomic E-state index is 0.246. The van der Waals surface area contributed by atoms with Crippen LogP contribution in [-0.4, -0.2) is 22.4 Å². The van der Waals surface area contributed by atoms with Crippen molar-refractivity contribution in [3.8, 4) is 0 Å². The molecule has 2 rings (SSSR count). The highest BCUT2D eigenvalue weighted by atomic mass is 35.5. The quantitative estimate of drug-likeness (QED) is 0.603. The van der Waals surface area contributed by atoms with Gasteiger partial charge in [-0.15, -0.1) is 0 Å². The van der Waals surface area contributed by atoms with Gasteiger partial charge in [0.25, 0.3) is 0 Å². The van der Waals surface area contributed by atoms with Crippen LogP contribution in [0, 0.1) is 6.92 Å². The van der Waals surface area contributed by atoms with Crippen LogP contribution in [0.25, 0.3) is 0 Å². The van der Waals surface area contributed by atoms with Crippen LogP contribution in [0.2, 0.25) is 5.15 Å². The summed E-state index contributed by atoms with van der Waals surface area (Å²) in [6.07, 6.45) is 0.722. The fourth-order valence-electron chi connectivity index (χ4n) is 1.86. The summed E-state index contributed by atoms with van der Waals surface area (Å²) in [4.78, 5) is 15.0. The maximum absolute atomic E-state index is 10.9. The van der Waals surface area contributed by atoms with Gasteiger partial charge in [0.15, 0.2) is 11.4 Å². The van der Waals surface area contributed by atoms with E-state index in [0.29, 0.717) is 25.5 Å². The van der Waals surface area contributed by atoms with Gasteiger partial charge in [-0.25, -0.2) is 4.98 Å². The summed E-state index contributed by atoms with van der Waals surface area (Å²) in [6.45, 7) is 3.44. The van der Waals surface area contributed by atoms with Gasteiger partial charge < -0.3 is 9.30 Å². The van der Waals surface area contributed by atoms with Gasteiger partial charge in [-0.05, 0) is 12.5 Å². The average molecular weight is 279 g/mol. The smallest absolute Gasteiger partial charge is 0.169 e. The van der Waals surface area contributed by atoms with Gasteiger partial charge in [-0.1, -0.05) is 41.9 Å². The predicted octanol–water partition coefficient (Wildman–Crippen LogP) is 2.87. The molecule has 1 aromatic heterocycles. The van der Waals surface area contributed by atoms with E-state index in [1.807, 2.05) is 37.3 Å². The van der Waals surface area contributed by atoms with E-state index in [1.54, 1.807) is 4.57 Å². The molecular formula is C14H15ClN2O2. The van der Waals surface area contributed by atoms with Crippen LogP contribution in [0.5, 0.6) is 0 Å². The van der Waals surface area contributed by atoms with Crippen LogP contribution in [-0.2, 0) is 17.9 Å². The Balaban J connectivity index is 1.88. The number of halogens is 1. The summed E-state index contributed by atoms with van der Waals surface area (Å²) in [5, 5.41) is 0.246. The Labute approximate surface area is 117 Å². The van der Waals surface area contributed by atoms with E-state index in [1.165, 1.54) is 0 Å². The van der Waals surface area contributed by atoms with Crippen molar-refractivity contribution < 1.29 is 9.53 Å². The SMILES string of the molecule is Cc1nc(Cl)c(C=O)n1CCOCc1ccccc1. The summed E-state index contributed by atoms with van der Waals surface area (Å²) in [6, 6.07) is 9.94. The lowest BCUT2D eigenvalue weighted by Crippen LogP contribution is -2.10. The van der Waals surface area contributed by atoms with Crippen molar-refractivity contribution in [2.45, 2.75) is 20.1 Å². The minimum atomic E-state index is 0.246. The molecule has 0 bridgehead atoms. The molecule has 4 nitrogen and oxygen atoms in total. The zero-order valence-electron chi connectivity index (χ0n) is 10.7. The molecule has 0 radical (unpaired) electrons. The first-order chi connectivity index (χ1) is 9.22. The number of hydrogen-bond acceptors (Lipinski definition) is 3. The molecule has 0 saturated heterocycles. The van der Waals surface area contributed by atoms with E-state index < -0.39 is 0 Å². The molecule has 0 saturated carbocycles. The number of nitrogens with zero attached hydrogens (tertiary/aromatic N) is 2. The molecule has 1 heterocycles. The van der Waals surface area contributed by atoms with Crippen molar-refractivity contribution in [2.24, 2.45) is 0 Å². The first-order valence-electron chi connectivity index (χ1n) is 6.02. The van der Waals surface area contributed by atoms with Crippen molar-refractivity contribution in [3.05, 3.63) is 52.6 Å². The number of aldehydes is 1. The fraction of sp³-hybridized carbons (Fsp3) is 0.286. The lowest BCUT2D eigenvalue weighted by molar-refractivity contribution is 0.107. The molecule has 2 aromatic rings. The Bertz CT molecular complexity index is 552. The number of ether oxygens (including phenoxy) is 1. The molecule has 0 aliphatic rings. The number of hydrogen-bond donors (Lipinski definition) is 0. The lowest BCUT2D eigenvalue weighted by atomic mass is 10.2. The number of aryl methyl sites for hydroxylation is 1. The van der Waals surface area contributed by atoms with Crippen LogP contribution in [0.3, 0.4) is 0 Å². The molecule has 0 spiro atoms. The highest BCUT2D eigenvalue weighted by molar-refractivity contribution is 6.31. The third-order valence-electron chi connectivity index (χ3n) is 2.84. The maximum Gasteiger partial charge on any atom is 0.169 e. The number of aromatic nitrogens is 2. The number of rotatable bonds is 6. The van der Waals surface area contributed by atoms with Crippen molar-refractivity contribution >= 4 is 17.9 Å². The molecule has 5 heteroatoms. The monoisotopic (exact) mass is 278 g/mol. The van der Waals surface area contributed by atoms with Gasteiger partial charge in [0.05, 0.1) is 13.2 Å². The lowest BCUT2D eigenvalue weighted by Gasteiger charge is -2.08. The first kappa shape index (κ1) is 13.8. The zero-order valence-corrected chi connectivity index (χ0v) is 11.4. The summed E-state index contributed by atoms with van der Waals surface area (Å²) in [5.74, 6) is 0.718. The van der Waals surface area contributed by atoms with Gasteiger partial charge in [-0.2, -0.15) is 0 Å². The zero-order chi connectivity index (χ0) is 13.7. The van der Waals surface area contributed by atoms with Gasteiger partial charge in [0, 0.05) is 6.54 Å². The van der Waals surface area contributed by atoms with E-state index in [-0.39, 0.29) is 5.15 Å². The standard InChI is InChI=1S/C14H15ClN2O2/c1-11-16-14(15)13(9-18)17(11)7-8-19-10-12-5-3-2-4-6-12/h2-6,9H,7-8,10H2,1H3. The first-order valence-corrected chi connectivity index (χ1v) is 6.39. The second kappa shape index (κ2) is 6.50. The van der Waals surface area contributed by atoms with Crippen LogP contribution < -0.4 is 0 Å². The normalized spacial score (nSPS) is 10.6. The Morgan fingerprint density at radius 2 is 2.11 bits per heavy atom. The second-order valence-corrected chi connectivity index (χ2v) is 4.50. The van der Waals surface area contributed by atoms with E-state index in [9.17, 15) is 4.79 Å². The topological polar surface area (TPSA) is 44.1 Å². The van der Waals surface area contributed by atoms with Crippen molar-refractivity contribution in [3.63, 3.8) is 0 Å². The highest BCUT2D eigenvalue weighted by Gasteiger charge is 2.11. The van der Waals surface area contributed by atoms with Crippen molar-refractivity contribution in [1.29, 1.82) is 0 Å². The summed E-state index contributed by atoms with van der Waals surface area (Å²) in [5.41, 5.74) is 1.53. The Hall–Kier alpha value is -1.65. The maximum atomic E-state index is 10.9. The molecule has 0 aliphatic heterocycles. The number of benzene rings is 1. The van der Waals surface area contributed by atoms with Crippen LogP contribution in [0.15, 0.2) is 30.3 Å². The van der Waals surface area contributed by atoms with Gasteiger partial charge in [0.1, 0.15) is 11.5 Å². The summed E-state index contributed by atoms with van der Waals surface area (Å²) < 4.78 is 7.34. The Morgan fingerprint density at radius 3 is 2.79 bits per heavy atom. The van der Waals surface area contributed by atoms with E-state index >= 15 is 0 Å². The van der Waals surface area contributed by atoms with Gasteiger partial charge in [0.2, 0.25) is 0 Å². The molecule has 0 amide bonds. The molecule has 1 aromatic carbocycles. The largest absolute Gasteiger partial charge is 0.375 e. The summed E-state index contributed by atoms with van der Waals surface area (Å²) >= 11 is 5.86. The third kappa shape index (κ3) is 3.43. The second-order valence-electron chi connectivity index (χ2n) is 4.14. The molecule has 100 valence electrons. The molecule has 0 fully saturated rings. The summed E-state index contributed by atoms with van der Waals surface area (Å²) in [7, 11) is 0. The van der Waals surface area contributed by atoms with Crippen molar-refractivity contribution in [2.75, 3.05) is 6.61 Å². The Morgan fingerprint density at radius 1 is 1.37 bits per heavy atom. The molecule has 0 N–H and O–H groups in total. The average Bonchev–Trinajstić information content (AvgIpc) is 2.70. The molecule has 0 unspecified atom stereocenters. The minimum Gasteiger partial charge on any atom is -0.375 e. The van der Waals surface area contributed by atoms with Crippen molar-refractivity contribution in [1.82, 2.24) is 9.55 Å². The Kier molecular flexibility index (Phi) is 4.71. The predicted molar refractivity (Wildman–Crippen MR) is 73.5 cm³/mol. The van der Waals surface area contributed by atoms with Gasteiger partial charge >= 0.3 is 0 Å². The number of carbonyl (C=O) groups is 1.